The minimum Gasteiger partial charge on any atom is -0.316 e. The lowest BCUT2D eigenvalue weighted by Gasteiger charge is -2.13. The number of rotatable bonds is 3. The van der Waals surface area contributed by atoms with E-state index in [1.54, 1.807) is 6.21 Å². The number of fused-ring (bicyclic) bond motifs is 5. The molecule has 1 saturated carbocycles. The van der Waals surface area contributed by atoms with Gasteiger partial charge in [-0.15, -0.1) is 0 Å². The van der Waals surface area contributed by atoms with Gasteiger partial charge in [-0.25, -0.2) is 0 Å². The molecule has 0 N–H and O–H groups in total. The van der Waals surface area contributed by atoms with Crippen LogP contribution in [0.4, 0.5) is 0 Å². The molecule has 26 heavy (non-hydrogen) atoms. The summed E-state index contributed by atoms with van der Waals surface area (Å²) in [4.78, 5) is 25.4. The molecule has 5 nitrogen and oxygen atoms in total. The van der Waals surface area contributed by atoms with Gasteiger partial charge in [0.15, 0.2) is 0 Å². The molecule has 4 atom stereocenters. The first kappa shape index (κ1) is 15.8. The molecule has 3 aliphatic rings. The monoisotopic (exact) mass is 409 g/mol. The van der Waals surface area contributed by atoms with Gasteiger partial charge in [0.2, 0.25) is 0 Å². The normalized spacial score (nSPS) is 29.3. The van der Waals surface area contributed by atoms with Gasteiger partial charge in [-0.05, 0) is 54.7 Å². The molecule has 1 aromatic carbocycles. The molecule has 2 aromatic rings. The highest BCUT2D eigenvalue weighted by atomic mass is 79.9. The summed E-state index contributed by atoms with van der Waals surface area (Å²) < 4.78 is 2.97. The third-order valence-electron chi connectivity index (χ3n) is 5.64. The van der Waals surface area contributed by atoms with E-state index in [0.717, 1.165) is 27.3 Å². The molecule has 2 heterocycles. The zero-order chi connectivity index (χ0) is 17.8. The molecule has 0 spiro atoms. The first-order valence-electron chi connectivity index (χ1n) is 8.67. The van der Waals surface area contributed by atoms with Gasteiger partial charge in [0.1, 0.15) is 0 Å². The van der Waals surface area contributed by atoms with E-state index < -0.39 is 0 Å². The molecule has 2 bridgehead atoms. The van der Waals surface area contributed by atoms with Crippen molar-refractivity contribution in [2.45, 2.75) is 6.42 Å². The summed E-state index contributed by atoms with van der Waals surface area (Å²) in [6.07, 6.45) is 8.62. The Labute approximate surface area is 159 Å². The molecule has 0 unspecified atom stereocenters. The predicted octanol–water partition coefficient (Wildman–Crippen LogP) is 3.38. The number of hydrogen-bond acceptors (Lipinski definition) is 3. The van der Waals surface area contributed by atoms with Gasteiger partial charge < -0.3 is 4.57 Å². The van der Waals surface area contributed by atoms with E-state index in [1.165, 1.54) is 0 Å². The fourth-order valence-electron chi connectivity index (χ4n) is 4.45. The molecule has 1 saturated heterocycles. The maximum Gasteiger partial charge on any atom is 0.254 e. The second-order valence-corrected chi connectivity index (χ2v) is 7.93. The van der Waals surface area contributed by atoms with Crippen LogP contribution in [0.15, 0.2) is 64.3 Å². The van der Waals surface area contributed by atoms with Crippen molar-refractivity contribution in [2.24, 2.45) is 28.8 Å². The summed E-state index contributed by atoms with van der Waals surface area (Å²) in [5.41, 5.74) is 1.80. The van der Waals surface area contributed by atoms with Gasteiger partial charge in [-0.2, -0.15) is 10.1 Å². The number of hydrogen-bond donors (Lipinski definition) is 0. The van der Waals surface area contributed by atoms with Crippen molar-refractivity contribution in [3.63, 3.8) is 0 Å². The molecule has 130 valence electrons. The summed E-state index contributed by atoms with van der Waals surface area (Å²) in [7, 11) is 0. The van der Waals surface area contributed by atoms with Crippen LogP contribution >= 0.6 is 15.9 Å². The molecule has 1 aromatic heterocycles. The number of allylic oxidation sites excluding steroid dienone is 2. The standard InChI is InChI=1S/C20H16BrN3O2/c21-14-5-7-15(8-6-14)23-9-1-2-16(23)11-22-24-19(25)17-12-3-4-13(10-12)18(17)20(24)26/h1-9,11-13,17-18H,10H2/t12-,13-,17-,18+/m0/s1. The number of carbonyl (C=O) groups excluding carboxylic acids is 2. The Balaban J connectivity index is 1.42. The average molecular weight is 410 g/mol. The van der Waals surface area contributed by atoms with Crippen molar-refractivity contribution < 1.29 is 9.59 Å². The lowest BCUT2D eigenvalue weighted by atomic mass is 9.85. The van der Waals surface area contributed by atoms with Gasteiger partial charge in [0, 0.05) is 16.4 Å². The number of aromatic nitrogens is 1. The van der Waals surface area contributed by atoms with Crippen LogP contribution in [0, 0.1) is 23.7 Å². The minimum absolute atomic E-state index is 0.158. The number of benzene rings is 1. The Hall–Kier alpha value is -2.47. The van der Waals surface area contributed by atoms with Crippen LogP contribution in [-0.4, -0.2) is 27.6 Å². The number of carbonyl (C=O) groups is 2. The van der Waals surface area contributed by atoms with Crippen LogP contribution in [0.2, 0.25) is 0 Å². The van der Waals surface area contributed by atoms with Gasteiger partial charge in [0.25, 0.3) is 11.8 Å². The summed E-state index contributed by atoms with van der Waals surface area (Å²) in [6.45, 7) is 0. The van der Waals surface area contributed by atoms with Crippen molar-refractivity contribution in [1.82, 2.24) is 9.58 Å². The maximum absolute atomic E-state index is 12.7. The van der Waals surface area contributed by atoms with Crippen molar-refractivity contribution in [1.29, 1.82) is 0 Å². The van der Waals surface area contributed by atoms with Gasteiger partial charge in [-0.1, -0.05) is 28.1 Å². The van der Waals surface area contributed by atoms with E-state index in [-0.39, 0.29) is 35.5 Å². The molecule has 1 aliphatic heterocycles. The summed E-state index contributed by atoms with van der Waals surface area (Å²) in [5, 5.41) is 5.35. The Morgan fingerprint density at radius 2 is 1.65 bits per heavy atom. The van der Waals surface area contributed by atoms with Crippen LogP contribution in [-0.2, 0) is 9.59 Å². The van der Waals surface area contributed by atoms with Crippen molar-refractivity contribution in [2.75, 3.05) is 0 Å². The fourth-order valence-corrected chi connectivity index (χ4v) is 4.72. The Morgan fingerprint density at radius 1 is 1.00 bits per heavy atom. The van der Waals surface area contributed by atoms with Crippen LogP contribution in [0.5, 0.6) is 0 Å². The minimum atomic E-state index is -0.215. The van der Waals surface area contributed by atoms with Gasteiger partial charge in [-0.3, -0.25) is 9.59 Å². The van der Waals surface area contributed by atoms with E-state index in [9.17, 15) is 9.59 Å². The Morgan fingerprint density at radius 3 is 2.31 bits per heavy atom. The van der Waals surface area contributed by atoms with Gasteiger partial charge in [0.05, 0.1) is 23.7 Å². The topological polar surface area (TPSA) is 54.7 Å². The number of hydrazone groups is 1. The zero-order valence-corrected chi connectivity index (χ0v) is 15.4. The lowest BCUT2D eigenvalue weighted by Crippen LogP contribution is -2.28. The highest BCUT2D eigenvalue weighted by Gasteiger charge is 2.59. The first-order valence-corrected chi connectivity index (χ1v) is 9.46. The third-order valence-corrected chi connectivity index (χ3v) is 6.17. The smallest absolute Gasteiger partial charge is 0.254 e. The van der Waals surface area contributed by atoms with E-state index in [2.05, 4.69) is 33.2 Å². The lowest BCUT2D eigenvalue weighted by molar-refractivity contribution is -0.140. The van der Waals surface area contributed by atoms with E-state index >= 15 is 0 Å². The molecule has 2 aliphatic carbocycles. The van der Waals surface area contributed by atoms with E-state index in [4.69, 9.17) is 0 Å². The SMILES string of the molecule is O=C1[C@@H]2[C@H](C(=O)N1N=Cc1cccn1-c1ccc(Br)cc1)[C@H]1C=C[C@H]2C1. The zero-order valence-electron chi connectivity index (χ0n) is 13.8. The number of amides is 2. The number of imide groups is 1. The Bertz CT molecular complexity index is 930. The molecule has 0 radical (unpaired) electrons. The fraction of sp³-hybridized carbons (Fsp3) is 0.250. The molecular weight excluding hydrogens is 394 g/mol. The molecular formula is C20H16BrN3O2. The van der Waals surface area contributed by atoms with Crippen LogP contribution in [0.25, 0.3) is 5.69 Å². The van der Waals surface area contributed by atoms with Crippen molar-refractivity contribution in [3.05, 3.63) is 64.9 Å². The molecule has 2 fully saturated rings. The predicted molar refractivity (Wildman–Crippen MR) is 101 cm³/mol. The summed E-state index contributed by atoms with van der Waals surface area (Å²) in [5.74, 6) is -0.341. The van der Waals surface area contributed by atoms with Gasteiger partial charge >= 0.3 is 0 Å². The highest BCUT2D eigenvalue weighted by Crippen LogP contribution is 2.52. The Kier molecular flexibility index (Phi) is 3.50. The molecule has 5 rings (SSSR count). The summed E-state index contributed by atoms with van der Waals surface area (Å²) in [6, 6.07) is 11.7. The molecule has 6 heteroatoms. The largest absolute Gasteiger partial charge is 0.316 e. The maximum atomic E-state index is 12.7. The average Bonchev–Trinajstić information content (AvgIpc) is 3.40. The van der Waals surface area contributed by atoms with Crippen molar-refractivity contribution in [3.8, 4) is 5.69 Å². The summed E-state index contributed by atoms with van der Waals surface area (Å²) >= 11 is 3.43. The van der Waals surface area contributed by atoms with Crippen LogP contribution in [0.1, 0.15) is 12.1 Å². The molecule has 2 amide bonds. The highest BCUT2D eigenvalue weighted by molar-refractivity contribution is 9.10. The van der Waals surface area contributed by atoms with Crippen molar-refractivity contribution >= 4 is 34.0 Å². The number of halogens is 1. The van der Waals surface area contributed by atoms with E-state index in [0.29, 0.717) is 0 Å². The van der Waals surface area contributed by atoms with E-state index in [1.807, 2.05) is 47.2 Å². The first-order chi connectivity index (χ1) is 12.6. The van der Waals surface area contributed by atoms with Crippen LogP contribution < -0.4 is 0 Å². The second kappa shape index (κ2) is 5.77. The second-order valence-electron chi connectivity index (χ2n) is 7.01. The van der Waals surface area contributed by atoms with Crippen LogP contribution in [0.3, 0.4) is 0 Å². The number of nitrogens with zero attached hydrogens (tertiary/aromatic N) is 3. The third kappa shape index (κ3) is 2.25. The quantitative estimate of drug-likeness (QED) is 0.443.